The maximum Gasteiger partial charge on any atom is 0.272 e. The number of benzene rings is 1. The van der Waals surface area contributed by atoms with Crippen molar-refractivity contribution in [3.05, 3.63) is 47.8 Å². The molecule has 2 rings (SSSR count). The van der Waals surface area contributed by atoms with Crippen molar-refractivity contribution < 1.29 is 9.59 Å². The van der Waals surface area contributed by atoms with Crippen molar-refractivity contribution in [2.24, 2.45) is 5.73 Å². The average Bonchev–Trinajstić information content (AvgIpc) is 2.81. The summed E-state index contributed by atoms with van der Waals surface area (Å²) in [6.45, 7) is 3.90. The number of rotatable bonds is 4. The Kier molecular flexibility index (Phi) is 3.98. The lowest BCUT2D eigenvalue weighted by Crippen LogP contribution is -2.21. The van der Waals surface area contributed by atoms with E-state index in [0.29, 0.717) is 17.1 Å². The quantitative estimate of drug-likeness (QED) is 0.800. The molecule has 0 fully saturated rings. The first-order valence-corrected chi connectivity index (χ1v) is 6.57. The topological polar surface area (TPSA) is 103 Å². The highest BCUT2D eigenvalue weighted by molar-refractivity contribution is 6.08. The zero-order valence-corrected chi connectivity index (χ0v) is 12.0. The van der Waals surface area contributed by atoms with Crippen LogP contribution in [0.2, 0.25) is 0 Å². The lowest BCUT2D eigenvalue weighted by Gasteiger charge is -2.13. The van der Waals surface area contributed by atoms with Gasteiger partial charge >= 0.3 is 0 Å². The first-order valence-electron chi connectivity index (χ1n) is 6.57. The van der Waals surface area contributed by atoms with Gasteiger partial charge in [0.2, 0.25) is 0 Å². The number of para-hydroxylation sites is 1. The number of amides is 2. The molecule has 0 atom stereocenters. The van der Waals surface area contributed by atoms with Crippen LogP contribution in [-0.4, -0.2) is 16.4 Å². The Balaban J connectivity index is 2.33. The maximum atomic E-state index is 12.4. The van der Waals surface area contributed by atoms with Crippen molar-refractivity contribution >= 4 is 23.2 Å². The van der Waals surface area contributed by atoms with Gasteiger partial charge in [-0.05, 0) is 32.0 Å². The van der Waals surface area contributed by atoms with Crippen molar-refractivity contribution in [2.45, 2.75) is 19.9 Å². The van der Waals surface area contributed by atoms with Crippen molar-refractivity contribution in [3.8, 4) is 0 Å². The van der Waals surface area contributed by atoms with E-state index in [-0.39, 0.29) is 17.5 Å². The number of aromatic nitrogens is 1. The highest BCUT2D eigenvalue weighted by atomic mass is 16.2. The highest BCUT2D eigenvalue weighted by Gasteiger charge is 2.17. The van der Waals surface area contributed by atoms with E-state index >= 15 is 0 Å². The summed E-state index contributed by atoms with van der Waals surface area (Å²) in [7, 11) is 0. The van der Waals surface area contributed by atoms with Crippen LogP contribution in [-0.2, 0) is 0 Å². The van der Waals surface area contributed by atoms with E-state index in [4.69, 9.17) is 11.5 Å². The molecule has 2 amide bonds. The predicted octanol–water partition coefficient (Wildman–Crippen LogP) is 2.00. The van der Waals surface area contributed by atoms with Gasteiger partial charge in [0, 0.05) is 12.2 Å². The summed E-state index contributed by atoms with van der Waals surface area (Å²) in [5.41, 5.74) is 12.6. The molecule has 0 radical (unpaired) electrons. The minimum absolute atomic E-state index is 0.0921. The lowest BCUT2D eigenvalue weighted by molar-refractivity contribution is 0.100. The minimum atomic E-state index is -0.593. The van der Waals surface area contributed by atoms with Crippen LogP contribution in [0.15, 0.2) is 36.5 Å². The third kappa shape index (κ3) is 3.05. The molecule has 0 aliphatic rings. The third-order valence-corrected chi connectivity index (χ3v) is 3.10. The molecule has 6 heteroatoms. The fourth-order valence-electron chi connectivity index (χ4n) is 2.10. The second kappa shape index (κ2) is 5.70. The molecule has 0 saturated carbocycles. The lowest BCUT2D eigenvalue weighted by atomic mass is 10.1. The Bertz CT molecular complexity index is 689. The first kappa shape index (κ1) is 14.6. The number of primary amides is 1. The number of nitrogens with two attached hydrogens (primary N) is 2. The van der Waals surface area contributed by atoms with Gasteiger partial charge in [0.1, 0.15) is 5.69 Å². The van der Waals surface area contributed by atoms with E-state index in [1.165, 1.54) is 0 Å². The number of anilines is 2. The van der Waals surface area contributed by atoms with Crippen LogP contribution >= 0.6 is 0 Å². The van der Waals surface area contributed by atoms with Crippen LogP contribution in [0, 0.1) is 0 Å². The summed E-state index contributed by atoms with van der Waals surface area (Å²) in [5, 5.41) is 2.70. The summed E-state index contributed by atoms with van der Waals surface area (Å²) in [4.78, 5) is 23.8. The largest absolute Gasteiger partial charge is 0.397 e. The van der Waals surface area contributed by atoms with E-state index in [2.05, 4.69) is 5.32 Å². The van der Waals surface area contributed by atoms with E-state index in [9.17, 15) is 9.59 Å². The van der Waals surface area contributed by atoms with Gasteiger partial charge in [-0.25, -0.2) is 0 Å². The molecule has 0 spiro atoms. The molecular formula is C15H18N4O2. The standard InChI is InChI=1S/C15H18N4O2/c1-9(2)19-8-10(16)7-13(19)15(21)18-12-6-4-3-5-11(12)14(17)20/h3-9H,16H2,1-2H3,(H2,17,20)(H,18,21). The van der Waals surface area contributed by atoms with Gasteiger partial charge in [-0.15, -0.1) is 0 Å². The Labute approximate surface area is 122 Å². The molecule has 0 bridgehead atoms. The number of nitrogens with zero attached hydrogens (tertiary/aromatic N) is 1. The van der Waals surface area contributed by atoms with Crippen LogP contribution in [0.25, 0.3) is 0 Å². The van der Waals surface area contributed by atoms with Gasteiger partial charge in [-0.1, -0.05) is 12.1 Å². The third-order valence-electron chi connectivity index (χ3n) is 3.10. The van der Waals surface area contributed by atoms with E-state index in [0.717, 1.165) is 0 Å². The van der Waals surface area contributed by atoms with Gasteiger partial charge in [-0.2, -0.15) is 0 Å². The van der Waals surface area contributed by atoms with Gasteiger partial charge in [0.05, 0.1) is 16.9 Å². The van der Waals surface area contributed by atoms with Crippen LogP contribution in [0.5, 0.6) is 0 Å². The average molecular weight is 286 g/mol. The molecule has 0 unspecified atom stereocenters. The number of nitrogen functional groups attached to an aromatic ring is 1. The van der Waals surface area contributed by atoms with Crippen LogP contribution in [0.1, 0.15) is 40.7 Å². The molecule has 0 aliphatic carbocycles. The Morgan fingerprint density at radius 3 is 2.52 bits per heavy atom. The highest BCUT2D eigenvalue weighted by Crippen LogP contribution is 2.20. The fourth-order valence-corrected chi connectivity index (χ4v) is 2.10. The van der Waals surface area contributed by atoms with Crippen molar-refractivity contribution in [2.75, 3.05) is 11.1 Å². The Morgan fingerprint density at radius 2 is 1.90 bits per heavy atom. The number of hydrogen-bond acceptors (Lipinski definition) is 3. The molecule has 0 aliphatic heterocycles. The summed E-state index contributed by atoms with van der Waals surface area (Å²) in [6.07, 6.45) is 1.71. The molecule has 2 aromatic rings. The summed E-state index contributed by atoms with van der Waals surface area (Å²) >= 11 is 0. The summed E-state index contributed by atoms with van der Waals surface area (Å²) < 4.78 is 1.78. The zero-order chi connectivity index (χ0) is 15.6. The number of carbonyl (C=O) groups is 2. The number of hydrogen-bond donors (Lipinski definition) is 3. The Hall–Kier alpha value is -2.76. The van der Waals surface area contributed by atoms with E-state index in [1.54, 1.807) is 41.1 Å². The molecule has 1 aromatic heterocycles. The van der Waals surface area contributed by atoms with Crippen LogP contribution in [0.4, 0.5) is 11.4 Å². The molecular weight excluding hydrogens is 268 g/mol. The van der Waals surface area contributed by atoms with Crippen molar-refractivity contribution in [1.82, 2.24) is 4.57 Å². The van der Waals surface area contributed by atoms with E-state index < -0.39 is 5.91 Å². The second-order valence-electron chi connectivity index (χ2n) is 5.02. The first-order chi connectivity index (χ1) is 9.90. The zero-order valence-electron chi connectivity index (χ0n) is 12.0. The molecule has 1 aromatic carbocycles. The smallest absolute Gasteiger partial charge is 0.272 e. The predicted molar refractivity (Wildman–Crippen MR) is 82.1 cm³/mol. The number of carbonyl (C=O) groups excluding carboxylic acids is 2. The van der Waals surface area contributed by atoms with Crippen LogP contribution < -0.4 is 16.8 Å². The molecule has 5 N–H and O–H groups in total. The molecule has 110 valence electrons. The summed E-state index contributed by atoms with van der Waals surface area (Å²) in [6, 6.07) is 8.29. The van der Waals surface area contributed by atoms with E-state index in [1.807, 2.05) is 13.8 Å². The second-order valence-corrected chi connectivity index (χ2v) is 5.02. The monoisotopic (exact) mass is 286 g/mol. The molecule has 0 saturated heterocycles. The minimum Gasteiger partial charge on any atom is -0.397 e. The van der Waals surface area contributed by atoms with Gasteiger partial charge in [0.25, 0.3) is 11.8 Å². The van der Waals surface area contributed by atoms with Gasteiger partial charge < -0.3 is 21.4 Å². The number of nitrogens with one attached hydrogen (secondary N) is 1. The normalized spacial score (nSPS) is 10.6. The van der Waals surface area contributed by atoms with Gasteiger partial charge in [-0.3, -0.25) is 9.59 Å². The molecule has 1 heterocycles. The SMILES string of the molecule is CC(C)n1cc(N)cc1C(=O)Nc1ccccc1C(N)=O. The molecule has 21 heavy (non-hydrogen) atoms. The summed E-state index contributed by atoms with van der Waals surface area (Å²) in [5.74, 6) is -0.932. The maximum absolute atomic E-state index is 12.4. The van der Waals surface area contributed by atoms with Crippen molar-refractivity contribution in [1.29, 1.82) is 0 Å². The van der Waals surface area contributed by atoms with Crippen molar-refractivity contribution in [3.63, 3.8) is 0 Å². The van der Waals surface area contributed by atoms with Crippen LogP contribution in [0.3, 0.4) is 0 Å². The fraction of sp³-hybridized carbons (Fsp3) is 0.200. The molecule has 6 nitrogen and oxygen atoms in total. The Morgan fingerprint density at radius 1 is 1.24 bits per heavy atom. The van der Waals surface area contributed by atoms with Gasteiger partial charge in [0.15, 0.2) is 0 Å².